The number of aryl methyl sites for hydroxylation is 2. The highest BCUT2D eigenvalue weighted by Crippen LogP contribution is 2.34. The van der Waals surface area contributed by atoms with E-state index in [1.807, 2.05) is 32.0 Å². The molecule has 0 aliphatic heterocycles. The maximum absolute atomic E-state index is 11.3. The Balaban J connectivity index is 2.37. The van der Waals surface area contributed by atoms with Gasteiger partial charge < -0.3 is 5.11 Å². The van der Waals surface area contributed by atoms with Gasteiger partial charge in [0.15, 0.2) is 0 Å². The van der Waals surface area contributed by atoms with Crippen LogP contribution in [0.3, 0.4) is 0 Å². The minimum atomic E-state index is -0.133. The predicted octanol–water partition coefficient (Wildman–Crippen LogP) is 3.51. The third kappa shape index (κ3) is 2.11. The second-order valence-electron chi connectivity index (χ2n) is 5.08. The number of imidazole rings is 1. The normalized spacial score (nSPS) is 11.0. The zero-order chi connectivity index (χ0) is 15.0. The molecule has 3 rings (SSSR count). The molecule has 0 unspecified atom stereocenters. The van der Waals surface area contributed by atoms with Crippen molar-refractivity contribution in [2.24, 2.45) is 5.18 Å². The average Bonchev–Trinajstić information content (AvgIpc) is 2.87. The number of fused-ring (bicyclic) bond motifs is 1. The molecule has 1 N–H and O–H groups in total. The molecule has 0 aliphatic rings. The van der Waals surface area contributed by atoms with Crippen molar-refractivity contribution in [3.8, 4) is 11.3 Å². The van der Waals surface area contributed by atoms with Crippen LogP contribution in [0.1, 0.15) is 16.7 Å². The fourth-order valence-corrected chi connectivity index (χ4v) is 2.49. The fourth-order valence-electron chi connectivity index (χ4n) is 2.49. The van der Waals surface area contributed by atoms with Crippen molar-refractivity contribution in [3.05, 3.63) is 58.1 Å². The molecule has 0 amide bonds. The number of rotatable bonds is 3. The van der Waals surface area contributed by atoms with Gasteiger partial charge in [-0.2, -0.15) is 0 Å². The first kappa shape index (κ1) is 13.5. The summed E-state index contributed by atoms with van der Waals surface area (Å²) in [5.74, 6) is 0.258. The van der Waals surface area contributed by atoms with Crippen LogP contribution < -0.4 is 0 Å². The second-order valence-corrected chi connectivity index (χ2v) is 5.08. The van der Waals surface area contributed by atoms with Crippen LogP contribution in [0.5, 0.6) is 0 Å². The van der Waals surface area contributed by atoms with Crippen LogP contribution in [0.15, 0.2) is 41.7 Å². The van der Waals surface area contributed by atoms with Crippen molar-refractivity contribution in [2.45, 2.75) is 20.5 Å². The Morgan fingerprint density at radius 1 is 1.29 bits per heavy atom. The molecule has 0 fully saturated rings. The molecule has 21 heavy (non-hydrogen) atoms. The summed E-state index contributed by atoms with van der Waals surface area (Å²) in [6.07, 6.45) is 1.73. The topological polar surface area (TPSA) is 67.0 Å². The first-order valence-corrected chi connectivity index (χ1v) is 6.67. The molecule has 5 heteroatoms. The van der Waals surface area contributed by atoms with Crippen molar-refractivity contribution >= 4 is 11.5 Å². The largest absolute Gasteiger partial charge is 0.392 e. The SMILES string of the molecule is Cc1ccc(C)c(-c2nc3c(CO)cccn3c2N=O)c1. The molecule has 0 aliphatic carbocycles. The predicted molar refractivity (Wildman–Crippen MR) is 81.5 cm³/mol. The zero-order valence-electron chi connectivity index (χ0n) is 11.9. The lowest BCUT2D eigenvalue weighted by Gasteiger charge is -2.04. The van der Waals surface area contributed by atoms with Gasteiger partial charge in [0, 0.05) is 17.3 Å². The van der Waals surface area contributed by atoms with Gasteiger partial charge in [-0.15, -0.1) is 4.91 Å². The first-order valence-electron chi connectivity index (χ1n) is 6.67. The van der Waals surface area contributed by atoms with Gasteiger partial charge in [-0.3, -0.25) is 4.40 Å². The molecule has 2 heterocycles. The maximum atomic E-state index is 11.3. The van der Waals surface area contributed by atoms with Gasteiger partial charge in [0.2, 0.25) is 5.82 Å². The third-order valence-electron chi connectivity index (χ3n) is 3.61. The Morgan fingerprint density at radius 3 is 2.81 bits per heavy atom. The van der Waals surface area contributed by atoms with Crippen LogP contribution in [-0.2, 0) is 6.61 Å². The molecule has 0 saturated heterocycles. The van der Waals surface area contributed by atoms with Gasteiger partial charge in [-0.05, 0) is 36.7 Å². The van der Waals surface area contributed by atoms with Crippen LogP contribution in [0.25, 0.3) is 16.9 Å². The molecular formula is C16H15N3O2. The number of nitrogens with zero attached hydrogens (tertiary/aromatic N) is 3. The monoisotopic (exact) mass is 281 g/mol. The van der Waals surface area contributed by atoms with E-state index in [4.69, 9.17) is 0 Å². The Bertz CT molecular complexity index is 837. The van der Waals surface area contributed by atoms with E-state index < -0.39 is 0 Å². The number of pyridine rings is 1. The number of aliphatic hydroxyl groups is 1. The summed E-state index contributed by atoms with van der Waals surface area (Å²) in [4.78, 5) is 15.8. The van der Waals surface area contributed by atoms with Gasteiger partial charge in [-0.25, -0.2) is 4.98 Å². The minimum absolute atomic E-state index is 0.133. The molecule has 106 valence electrons. The van der Waals surface area contributed by atoms with E-state index in [1.54, 1.807) is 22.7 Å². The molecule has 0 radical (unpaired) electrons. The van der Waals surface area contributed by atoms with Crippen LogP contribution in [0.4, 0.5) is 5.82 Å². The molecule has 1 aromatic carbocycles. The van der Waals surface area contributed by atoms with E-state index in [2.05, 4.69) is 10.2 Å². The van der Waals surface area contributed by atoms with Crippen molar-refractivity contribution in [3.63, 3.8) is 0 Å². The summed E-state index contributed by atoms with van der Waals surface area (Å²) in [7, 11) is 0. The molecular weight excluding hydrogens is 266 g/mol. The number of nitroso groups, excluding NO2 is 1. The van der Waals surface area contributed by atoms with E-state index >= 15 is 0 Å². The van der Waals surface area contributed by atoms with Crippen LogP contribution in [0, 0.1) is 18.8 Å². The van der Waals surface area contributed by atoms with Crippen LogP contribution in [-0.4, -0.2) is 14.5 Å². The highest BCUT2D eigenvalue weighted by atomic mass is 16.3. The maximum Gasteiger partial charge on any atom is 0.209 e. The lowest BCUT2D eigenvalue weighted by atomic mass is 10.0. The number of benzene rings is 1. The number of hydrogen-bond acceptors (Lipinski definition) is 4. The van der Waals surface area contributed by atoms with Gasteiger partial charge in [0.25, 0.3) is 0 Å². The van der Waals surface area contributed by atoms with E-state index in [9.17, 15) is 10.0 Å². The summed E-state index contributed by atoms with van der Waals surface area (Å²) in [5, 5.41) is 12.6. The Kier molecular flexibility index (Phi) is 3.27. The van der Waals surface area contributed by atoms with Gasteiger partial charge in [0.05, 0.1) is 6.61 Å². The molecule has 0 atom stereocenters. The molecule has 2 aromatic heterocycles. The lowest BCUT2D eigenvalue weighted by Crippen LogP contribution is -1.90. The molecule has 0 saturated carbocycles. The van der Waals surface area contributed by atoms with Gasteiger partial charge >= 0.3 is 0 Å². The second kappa shape index (κ2) is 5.10. The van der Waals surface area contributed by atoms with E-state index in [0.29, 0.717) is 16.9 Å². The van der Waals surface area contributed by atoms with Crippen molar-refractivity contribution in [2.75, 3.05) is 0 Å². The minimum Gasteiger partial charge on any atom is -0.392 e. The van der Waals surface area contributed by atoms with Crippen molar-refractivity contribution < 1.29 is 5.11 Å². The first-order chi connectivity index (χ1) is 10.2. The average molecular weight is 281 g/mol. The van der Waals surface area contributed by atoms with Crippen LogP contribution >= 0.6 is 0 Å². The highest BCUT2D eigenvalue weighted by Gasteiger charge is 2.18. The summed E-state index contributed by atoms with van der Waals surface area (Å²) in [6.45, 7) is 3.83. The highest BCUT2D eigenvalue weighted by molar-refractivity contribution is 5.77. The standard InChI is InChI=1S/C16H15N3O2/c1-10-5-6-11(2)13(8-10)14-16(18-21)19-7-3-4-12(9-20)15(19)17-14/h3-8,20H,9H2,1-2H3. The molecule has 3 aromatic rings. The molecule has 5 nitrogen and oxygen atoms in total. The quantitative estimate of drug-likeness (QED) is 0.747. The summed E-state index contributed by atoms with van der Waals surface area (Å²) in [5.41, 5.74) is 4.78. The summed E-state index contributed by atoms with van der Waals surface area (Å²) in [6, 6.07) is 9.55. The zero-order valence-corrected chi connectivity index (χ0v) is 11.9. The van der Waals surface area contributed by atoms with E-state index in [0.717, 1.165) is 16.7 Å². The molecule has 0 bridgehead atoms. The van der Waals surface area contributed by atoms with Crippen molar-refractivity contribution in [1.29, 1.82) is 0 Å². The number of aliphatic hydroxyl groups excluding tert-OH is 1. The summed E-state index contributed by atoms with van der Waals surface area (Å²) < 4.78 is 1.62. The Morgan fingerprint density at radius 2 is 2.10 bits per heavy atom. The van der Waals surface area contributed by atoms with Gasteiger partial charge in [0.1, 0.15) is 11.3 Å². The van der Waals surface area contributed by atoms with Crippen molar-refractivity contribution in [1.82, 2.24) is 9.38 Å². The van der Waals surface area contributed by atoms with E-state index in [1.165, 1.54) is 0 Å². The number of aromatic nitrogens is 2. The lowest BCUT2D eigenvalue weighted by molar-refractivity contribution is 0.282. The Labute approximate surface area is 121 Å². The third-order valence-corrected chi connectivity index (χ3v) is 3.61. The van der Waals surface area contributed by atoms with E-state index in [-0.39, 0.29) is 12.4 Å². The van der Waals surface area contributed by atoms with Gasteiger partial charge in [-0.1, -0.05) is 23.8 Å². The van der Waals surface area contributed by atoms with Crippen LogP contribution in [0.2, 0.25) is 0 Å². The smallest absolute Gasteiger partial charge is 0.209 e. The summed E-state index contributed by atoms with van der Waals surface area (Å²) >= 11 is 0. The fraction of sp³-hybridized carbons (Fsp3) is 0.188. The molecule has 0 spiro atoms. The number of hydrogen-bond donors (Lipinski definition) is 1. The Hall–Kier alpha value is -2.53.